The molecular weight excluding hydrogens is 436 g/mol. The molecule has 0 aliphatic carbocycles. The zero-order valence-corrected chi connectivity index (χ0v) is 21.4. The van der Waals surface area contributed by atoms with E-state index in [9.17, 15) is 9.59 Å². The summed E-state index contributed by atoms with van der Waals surface area (Å²) in [6.07, 6.45) is 0.632. The fourth-order valence-electron chi connectivity index (χ4n) is 4.00. The number of carbonyl (C=O) groups excluding carboxylic acids is 2. The highest BCUT2D eigenvalue weighted by molar-refractivity contribution is 5.89. The number of ether oxygens (including phenoxy) is 1. The van der Waals surface area contributed by atoms with E-state index in [1.165, 1.54) is 0 Å². The standard InChI is InChI=1S/C30H36N2O3/c1-22-11-9-10-14-25(22)21-32(28(33)20-24-15-17-26(35-5)18-16-24)27(29(34)31-30(2,3)4)19-23-12-7-6-8-13-23/h6-18,27H,19-21H2,1-5H3,(H,31,34)/t27-/m0/s1. The van der Waals surface area contributed by atoms with Gasteiger partial charge in [0.2, 0.25) is 11.8 Å². The van der Waals surface area contributed by atoms with Crippen LogP contribution in [0.2, 0.25) is 0 Å². The first-order valence-electron chi connectivity index (χ1n) is 12.0. The molecule has 35 heavy (non-hydrogen) atoms. The Bertz CT molecular complexity index is 1120. The number of rotatable bonds is 9. The number of hydrogen-bond donors (Lipinski definition) is 1. The Labute approximate surface area is 209 Å². The minimum absolute atomic E-state index is 0.0941. The van der Waals surface area contributed by atoms with Crippen molar-refractivity contribution in [2.45, 2.75) is 58.7 Å². The first-order valence-corrected chi connectivity index (χ1v) is 12.0. The molecule has 3 aromatic carbocycles. The molecule has 0 bridgehead atoms. The third-order valence-electron chi connectivity index (χ3n) is 5.89. The van der Waals surface area contributed by atoms with Gasteiger partial charge in [0.25, 0.3) is 0 Å². The molecule has 0 fully saturated rings. The van der Waals surface area contributed by atoms with Gasteiger partial charge in [-0.15, -0.1) is 0 Å². The summed E-state index contributed by atoms with van der Waals surface area (Å²) >= 11 is 0. The highest BCUT2D eigenvalue weighted by Gasteiger charge is 2.32. The summed E-state index contributed by atoms with van der Waals surface area (Å²) < 4.78 is 5.25. The fourth-order valence-corrected chi connectivity index (χ4v) is 4.00. The number of methoxy groups -OCH3 is 1. The second kappa shape index (κ2) is 11.7. The van der Waals surface area contributed by atoms with Gasteiger partial charge in [-0.05, 0) is 62.1 Å². The average Bonchev–Trinajstić information content (AvgIpc) is 2.82. The van der Waals surface area contributed by atoms with E-state index in [0.717, 1.165) is 28.0 Å². The molecule has 0 unspecified atom stereocenters. The molecule has 5 nitrogen and oxygen atoms in total. The third kappa shape index (κ3) is 7.71. The van der Waals surface area contributed by atoms with E-state index in [0.29, 0.717) is 13.0 Å². The van der Waals surface area contributed by atoms with Crippen LogP contribution in [0.5, 0.6) is 5.75 Å². The molecule has 184 valence electrons. The van der Waals surface area contributed by atoms with Crippen LogP contribution < -0.4 is 10.1 Å². The monoisotopic (exact) mass is 472 g/mol. The molecule has 0 heterocycles. The molecular formula is C30H36N2O3. The molecule has 2 amide bonds. The molecule has 0 aliphatic heterocycles. The lowest BCUT2D eigenvalue weighted by Crippen LogP contribution is -2.54. The van der Waals surface area contributed by atoms with E-state index >= 15 is 0 Å². The maximum atomic E-state index is 13.8. The number of hydrogen-bond acceptors (Lipinski definition) is 3. The Hall–Kier alpha value is -3.60. The van der Waals surface area contributed by atoms with Crippen LogP contribution in [0.25, 0.3) is 0 Å². The first-order chi connectivity index (χ1) is 16.7. The molecule has 1 atom stereocenters. The van der Waals surface area contributed by atoms with Crippen molar-refractivity contribution in [3.63, 3.8) is 0 Å². The third-order valence-corrected chi connectivity index (χ3v) is 5.89. The molecule has 0 saturated carbocycles. The smallest absolute Gasteiger partial charge is 0.243 e. The summed E-state index contributed by atoms with van der Waals surface area (Å²) in [5.74, 6) is 0.492. The molecule has 0 radical (unpaired) electrons. The molecule has 0 saturated heterocycles. The van der Waals surface area contributed by atoms with Gasteiger partial charge < -0.3 is 15.0 Å². The minimum atomic E-state index is -0.651. The normalized spacial score (nSPS) is 12.0. The lowest BCUT2D eigenvalue weighted by atomic mass is 9.99. The highest BCUT2D eigenvalue weighted by Crippen LogP contribution is 2.20. The summed E-state index contributed by atoms with van der Waals surface area (Å²) in [5.41, 5.74) is 3.58. The summed E-state index contributed by atoms with van der Waals surface area (Å²) in [6.45, 7) is 8.25. The van der Waals surface area contributed by atoms with Gasteiger partial charge in [0.15, 0.2) is 0 Å². The van der Waals surface area contributed by atoms with E-state index in [1.54, 1.807) is 12.0 Å². The number of carbonyl (C=O) groups is 2. The quantitative estimate of drug-likeness (QED) is 0.471. The van der Waals surface area contributed by atoms with E-state index in [1.807, 2.05) is 107 Å². The maximum absolute atomic E-state index is 13.8. The molecule has 1 N–H and O–H groups in total. The van der Waals surface area contributed by atoms with Gasteiger partial charge in [-0.3, -0.25) is 9.59 Å². The van der Waals surface area contributed by atoms with Crippen molar-refractivity contribution in [1.82, 2.24) is 10.2 Å². The van der Waals surface area contributed by atoms with Crippen LogP contribution in [0.15, 0.2) is 78.9 Å². The molecule has 5 heteroatoms. The number of nitrogens with one attached hydrogen (secondary N) is 1. The van der Waals surface area contributed by atoms with Crippen LogP contribution in [0.3, 0.4) is 0 Å². The van der Waals surface area contributed by atoms with Crippen molar-refractivity contribution < 1.29 is 14.3 Å². The van der Waals surface area contributed by atoms with Crippen molar-refractivity contribution in [1.29, 1.82) is 0 Å². The Morgan fingerprint density at radius 2 is 1.51 bits per heavy atom. The van der Waals surface area contributed by atoms with Gasteiger partial charge in [-0.25, -0.2) is 0 Å². The van der Waals surface area contributed by atoms with E-state index < -0.39 is 11.6 Å². The number of benzene rings is 3. The molecule has 3 aromatic rings. The Morgan fingerprint density at radius 1 is 0.886 bits per heavy atom. The van der Waals surface area contributed by atoms with Gasteiger partial charge in [0.1, 0.15) is 11.8 Å². The molecule has 0 aromatic heterocycles. The van der Waals surface area contributed by atoms with Crippen LogP contribution in [-0.4, -0.2) is 35.4 Å². The summed E-state index contributed by atoms with van der Waals surface area (Å²) in [4.78, 5) is 29.1. The largest absolute Gasteiger partial charge is 0.497 e. The van der Waals surface area contributed by atoms with E-state index in [-0.39, 0.29) is 18.2 Å². The van der Waals surface area contributed by atoms with Gasteiger partial charge in [0, 0.05) is 18.5 Å². The van der Waals surface area contributed by atoms with Crippen molar-refractivity contribution >= 4 is 11.8 Å². The number of nitrogens with zero attached hydrogens (tertiary/aromatic N) is 1. The lowest BCUT2D eigenvalue weighted by Gasteiger charge is -2.34. The van der Waals surface area contributed by atoms with Gasteiger partial charge in [-0.2, -0.15) is 0 Å². The lowest BCUT2D eigenvalue weighted by molar-refractivity contribution is -0.141. The zero-order chi connectivity index (χ0) is 25.4. The highest BCUT2D eigenvalue weighted by atomic mass is 16.5. The first kappa shape index (κ1) is 26.0. The summed E-state index contributed by atoms with van der Waals surface area (Å²) in [5, 5.41) is 3.10. The topological polar surface area (TPSA) is 58.6 Å². The molecule has 0 spiro atoms. The Balaban J connectivity index is 1.98. The van der Waals surface area contributed by atoms with Crippen LogP contribution in [0.1, 0.15) is 43.0 Å². The van der Waals surface area contributed by atoms with E-state index in [2.05, 4.69) is 5.32 Å². The molecule has 3 rings (SSSR count). The van der Waals surface area contributed by atoms with Crippen LogP contribution in [0.4, 0.5) is 0 Å². The SMILES string of the molecule is COc1ccc(CC(=O)N(Cc2ccccc2C)[C@@H](Cc2ccccc2)C(=O)NC(C)(C)C)cc1. The van der Waals surface area contributed by atoms with Crippen LogP contribution in [0, 0.1) is 6.92 Å². The second-order valence-corrected chi connectivity index (χ2v) is 9.92. The van der Waals surface area contributed by atoms with Gasteiger partial charge >= 0.3 is 0 Å². The van der Waals surface area contributed by atoms with Crippen molar-refractivity contribution in [2.24, 2.45) is 0 Å². The zero-order valence-electron chi connectivity index (χ0n) is 21.4. The second-order valence-electron chi connectivity index (χ2n) is 9.92. The maximum Gasteiger partial charge on any atom is 0.243 e. The number of amides is 2. The molecule has 0 aliphatic rings. The van der Waals surface area contributed by atoms with E-state index in [4.69, 9.17) is 4.74 Å². The summed E-state index contributed by atoms with van der Waals surface area (Å²) in [6, 6.07) is 24.7. The minimum Gasteiger partial charge on any atom is -0.497 e. The van der Waals surface area contributed by atoms with Crippen molar-refractivity contribution in [3.8, 4) is 5.75 Å². The van der Waals surface area contributed by atoms with Crippen molar-refractivity contribution in [2.75, 3.05) is 7.11 Å². The van der Waals surface area contributed by atoms with Crippen LogP contribution in [-0.2, 0) is 29.0 Å². The Kier molecular flexibility index (Phi) is 8.69. The Morgan fingerprint density at radius 3 is 2.11 bits per heavy atom. The number of aryl methyl sites for hydroxylation is 1. The average molecular weight is 473 g/mol. The van der Waals surface area contributed by atoms with Crippen molar-refractivity contribution in [3.05, 3.63) is 101 Å². The van der Waals surface area contributed by atoms with Gasteiger partial charge in [0.05, 0.1) is 13.5 Å². The summed E-state index contributed by atoms with van der Waals surface area (Å²) in [7, 11) is 1.62. The predicted molar refractivity (Wildman–Crippen MR) is 140 cm³/mol. The predicted octanol–water partition coefficient (Wildman–Crippen LogP) is 5.10. The van der Waals surface area contributed by atoms with Gasteiger partial charge in [-0.1, -0.05) is 66.7 Å². The fraction of sp³-hybridized carbons (Fsp3) is 0.333. The van der Waals surface area contributed by atoms with Crippen LogP contribution >= 0.6 is 0 Å².